The predicted octanol–water partition coefficient (Wildman–Crippen LogP) is 0.312. The molecule has 0 bridgehead atoms. The predicted molar refractivity (Wildman–Crippen MR) is 67.0 cm³/mol. The highest BCUT2D eigenvalue weighted by Gasteiger charge is 2.45. The third-order valence-corrected chi connectivity index (χ3v) is 3.07. The lowest BCUT2D eigenvalue weighted by Gasteiger charge is -2.15. The van der Waals surface area contributed by atoms with Crippen molar-refractivity contribution in [2.24, 2.45) is 5.73 Å². The lowest BCUT2D eigenvalue weighted by Crippen LogP contribution is -2.46. The molecule has 20 heavy (non-hydrogen) atoms. The third-order valence-electron chi connectivity index (χ3n) is 3.07. The largest absolute Gasteiger partial charge is 0.491 e. The van der Waals surface area contributed by atoms with Crippen LogP contribution >= 0.6 is 0 Å². The van der Waals surface area contributed by atoms with Crippen LogP contribution in [0.4, 0.5) is 8.78 Å². The van der Waals surface area contributed by atoms with Gasteiger partial charge in [-0.1, -0.05) is 0 Å². The maximum absolute atomic E-state index is 12.9. The van der Waals surface area contributed by atoms with Gasteiger partial charge in [0, 0.05) is 12.6 Å². The first-order chi connectivity index (χ1) is 9.40. The molecule has 1 fully saturated rings. The van der Waals surface area contributed by atoms with E-state index in [0.29, 0.717) is 12.8 Å². The van der Waals surface area contributed by atoms with Crippen LogP contribution in [-0.4, -0.2) is 35.8 Å². The van der Waals surface area contributed by atoms with Gasteiger partial charge in [-0.3, -0.25) is 4.79 Å². The molecule has 1 unspecified atom stereocenters. The Labute approximate surface area is 114 Å². The van der Waals surface area contributed by atoms with Gasteiger partial charge >= 0.3 is 0 Å². The van der Waals surface area contributed by atoms with Crippen LogP contribution in [0.25, 0.3) is 0 Å². The molecule has 0 radical (unpaired) electrons. The summed E-state index contributed by atoms with van der Waals surface area (Å²) in [5.41, 5.74) is 4.88. The Kier molecular flexibility index (Phi) is 4.20. The van der Waals surface area contributed by atoms with E-state index in [0.717, 1.165) is 12.1 Å². The van der Waals surface area contributed by atoms with Crippen LogP contribution in [0.1, 0.15) is 12.8 Å². The fourth-order valence-corrected chi connectivity index (χ4v) is 1.57. The summed E-state index contributed by atoms with van der Waals surface area (Å²) in [6.07, 6.45) is 0.315. The summed E-state index contributed by atoms with van der Waals surface area (Å²) < 4.78 is 30.7. The molecule has 1 atom stereocenters. The zero-order chi connectivity index (χ0) is 14.8. The molecule has 1 aromatic carbocycles. The van der Waals surface area contributed by atoms with Crippen molar-refractivity contribution in [3.63, 3.8) is 0 Å². The average Bonchev–Trinajstić information content (AvgIpc) is 3.16. The minimum absolute atomic E-state index is 0.0124. The van der Waals surface area contributed by atoms with Crippen LogP contribution in [0.2, 0.25) is 0 Å². The van der Waals surface area contributed by atoms with Gasteiger partial charge in [0.25, 0.3) is 0 Å². The van der Waals surface area contributed by atoms with Gasteiger partial charge in [0.2, 0.25) is 5.91 Å². The molecular weight excluding hydrogens is 270 g/mol. The number of hydrogen-bond acceptors (Lipinski definition) is 4. The monoisotopic (exact) mass is 286 g/mol. The van der Waals surface area contributed by atoms with Crippen molar-refractivity contribution in [2.45, 2.75) is 24.5 Å². The number of carbonyl (C=O) groups excluding carboxylic acids is 1. The zero-order valence-corrected chi connectivity index (χ0v) is 10.7. The number of aliphatic hydroxyl groups excluding tert-OH is 1. The molecule has 4 N–H and O–H groups in total. The highest BCUT2D eigenvalue weighted by molar-refractivity contribution is 5.88. The molecule has 1 aromatic rings. The van der Waals surface area contributed by atoms with Crippen molar-refractivity contribution < 1.29 is 23.4 Å². The SMILES string of the molecule is NC1(C(=O)NCC(O)COc2ccc(F)c(F)c2)CC1. The molecule has 0 saturated heterocycles. The number of ether oxygens (including phenoxy) is 1. The molecule has 1 aliphatic carbocycles. The summed E-state index contributed by atoms with van der Waals surface area (Å²) >= 11 is 0. The number of rotatable bonds is 6. The van der Waals surface area contributed by atoms with Crippen LogP contribution in [0.15, 0.2) is 18.2 Å². The highest BCUT2D eigenvalue weighted by atomic mass is 19.2. The van der Waals surface area contributed by atoms with Gasteiger partial charge in [-0.2, -0.15) is 0 Å². The normalized spacial score (nSPS) is 17.4. The minimum Gasteiger partial charge on any atom is -0.491 e. The molecule has 0 spiro atoms. The Bertz CT molecular complexity index is 506. The molecule has 5 nitrogen and oxygen atoms in total. The third kappa shape index (κ3) is 3.64. The van der Waals surface area contributed by atoms with Crippen molar-refractivity contribution in [1.82, 2.24) is 5.32 Å². The molecule has 0 heterocycles. The topological polar surface area (TPSA) is 84.6 Å². The maximum Gasteiger partial charge on any atom is 0.240 e. The summed E-state index contributed by atoms with van der Waals surface area (Å²) in [5, 5.41) is 12.1. The Balaban J connectivity index is 1.73. The van der Waals surface area contributed by atoms with E-state index in [9.17, 15) is 18.7 Å². The molecule has 1 amide bonds. The Morgan fingerprint density at radius 2 is 2.15 bits per heavy atom. The zero-order valence-electron chi connectivity index (χ0n) is 10.7. The van der Waals surface area contributed by atoms with Crippen LogP contribution in [-0.2, 0) is 4.79 Å². The van der Waals surface area contributed by atoms with E-state index in [4.69, 9.17) is 10.5 Å². The smallest absolute Gasteiger partial charge is 0.240 e. The van der Waals surface area contributed by atoms with E-state index in [1.165, 1.54) is 6.07 Å². The van der Waals surface area contributed by atoms with E-state index in [2.05, 4.69) is 5.32 Å². The number of aliphatic hydroxyl groups is 1. The van der Waals surface area contributed by atoms with Gasteiger partial charge in [-0.15, -0.1) is 0 Å². The number of hydrogen-bond donors (Lipinski definition) is 3. The van der Waals surface area contributed by atoms with Gasteiger partial charge in [0.15, 0.2) is 11.6 Å². The first-order valence-corrected chi connectivity index (χ1v) is 6.24. The van der Waals surface area contributed by atoms with Crippen molar-refractivity contribution >= 4 is 5.91 Å². The van der Waals surface area contributed by atoms with Gasteiger partial charge in [-0.05, 0) is 25.0 Å². The molecule has 2 rings (SSSR count). The van der Waals surface area contributed by atoms with Gasteiger partial charge in [0.1, 0.15) is 18.5 Å². The minimum atomic E-state index is -1.02. The summed E-state index contributed by atoms with van der Waals surface area (Å²) in [6.45, 7) is -0.162. The van der Waals surface area contributed by atoms with Crippen LogP contribution in [0.3, 0.4) is 0 Å². The molecule has 0 aliphatic heterocycles. The summed E-state index contributed by atoms with van der Waals surface area (Å²) in [4.78, 5) is 11.5. The average molecular weight is 286 g/mol. The Morgan fingerprint density at radius 3 is 2.75 bits per heavy atom. The van der Waals surface area contributed by atoms with Crippen molar-refractivity contribution in [3.05, 3.63) is 29.8 Å². The summed E-state index contributed by atoms with van der Waals surface area (Å²) in [7, 11) is 0. The molecule has 7 heteroatoms. The maximum atomic E-state index is 12.9. The standard InChI is InChI=1S/C13H16F2N2O3/c14-10-2-1-9(5-11(10)15)20-7-8(18)6-17-12(19)13(16)3-4-13/h1-2,5,8,18H,3-4,6-7,16H2,(H,17,19). The molecule has 1 saturated carbocycles. The van der Waals surface area contributed by atoms with Crippen LogP contribution in [0.5, 0.6) is 5.75 Å². The lowest BCUT2D eigenvalue weighted by molar-refractivity contribution is -0.123. The fraction of sp³-hybridized carbons (Fsp3) is 0.462. The number of halogens is 2. The first-order valence-electron chi connectivity index (χ1n) is 6.24. The van der Waals surface area contributed by atoms with Crippen molar-refractivity contribution in [3.8, 4) is 5.75 Å². The van der Waals surface area contributed by atoms with E-state index in [-0.39, 0.29) is 24.8 Å². The summed E-state index contributed by atoms with van der Waals surface area (Å²) in [5.74, 6) is -2.19. The molecule has 110 valence electrons. The Morgan fingerprint density at radius 1 is 1.45 bits per heavy atom. The number of benzene rings is 1. The Hall–Kier alpha value is -1.73. The molecular formula is C13H16F2N2O3. The second-order valence-electron chi connectivity index (χ2n) is 4.91. The van der Waals surface area contributed by atoms with Crippen molar-refractivity contribution in [1.29, 1.82) is 0 Å². The van der Waals surface area contributed by atoms with Crippen LogP contribution in [0, 0.1) is 11.6 Å². The number of nitrogens with two attached hydrogens (primary N) is 1. The number of carbonyl (C=O) groups is 1. The van der Waals surface area contributed by atoms with Gasteiger partial charge in [-0.25, -0.2) is 8.78 Å². The van der Waals surface area contributed by atoms with E-state index in [1.54, 1.807) is 0 Å². The van der Waals surface area contributed by atoms with Gasteiger partial charge in [0.05, 0.1) is 5.54 Å². The van der Waals surface area contributed by atoms with E-state index < -0.39 is 23.3 Å². The second kappa shape index (κ2) is 5.72. The molecule has 1 aliphatic rings. The number of nitrogens with one attached hydrogen (secondary N) is 1. The molecule has 0 aromatic heterocycles. The highest BCUT2D eigenvalue weighted by Crippen LogP contribution is 2.31. The van der Waals surface area contributed by atoms with Crippen molar-refractivity contribution in [2.75, 3.05) is 13.2 Å². The van der Waals surface area contributed by atoms with Crippen LogP contribution < -0.4 is 15.8 Å². The quantitative estimate of drug-likeness (QED) is 0.703. The number of amides is 1. The summed E-state index contributed by atoms with van der Waals surface area (Å²) in [6, 6.07) is 3.08. The second-order valence-corrected chi connectivity index (χ2v) is 4.91. The van der Waals surface area contributed by atoms with E-state index in [1.807, 2.05) is 0 Å². The van der Waals surface area contributed by atoms with Gasteiger partial charge < -0.3 is 20.9 Å². The first kappa shape index (κ1) is 14.7. The fourth-order valence-electron chi connectivity index (χ4n) is 1.57. The lowest BCUT2D eigenvalue weighted by atomic mass is 10.2. The van der Waals surface area contributed by atoms with E-state index >= 15 is 0 Å².